The lowest BCUT2D eigenvalue weighted by atomic mass is 9.92. The van der Waals surface area contributed by atoms with Gasteiger partial charge in [0.25, 0.3) is 0 Å². The Kier molecular flexibility index (Phi) is 6.39. The molecule has 0 bridgehead atoms. The maximum Gasteiger partial charge on any atom is 0.324 e. The highest BCUT2D eigenvalue weighted by Crippen LogP contribution is 2.27. The summed E-state index contributed by atoms with van der Waals surface area (Å²) in [5.74, 6) is -0.992. The predicted octanol–water partition coefficient (Wildman–Crippen LogP) is 4.97. The van der Waals surface area contributed by atoms with Gasteiger partial charge in [0.05, 0.1) is 17.1 Å². The van der Waals surface area contributed by atoms with Crippen LogP contribution in [0.2, 0.25) is 0 Å². The summed E-state index contributed by atoms with van der Waals surface area (Å²) in [5.41, 5.74) is 2.07. The van der Waals surface area contributed by atoms with E-state index in [0.29, 0.717) is 17.9 Å². The maximum atomic E-state index is 13.9. The normalized spacial score (nSPS) is 11.2. The second-order valence-corrected chi connectivity index (χ2v) is 8.20. The molecule has 0 aliphatic rings. The largest absolute Gasteiger partial charge is 0.481 e. The van der Waals surface area contributed by atoms with Gasteiger partial charge in [-0.2, -0.15) is 5.10 Å². The van der Waals surface area contributed by atoms with Crippen molar-refractivity contribution in [3.05, 3.63) is 71.7 Å². The van der Waals surface area contributed by atoms with Gasteiger partial charge in [-0.3, -0.25) is 10.1 Å². The highest BCUT2D eigenvalue weighted by Gasteiger charge is 2.22. The number of carbonyl (C=O) groups excluding carboxylic acids is 1. The van der Waals surface area contributed by atoms with Crippen molar-refractivity contribution in [3.63, 3.8) is 0 Å². The van der Waals surface area contributed by atoms with Gasteiger partial charge in [-0.05, 0) is 36.2 Å². The molecular weight excluding hydrogens is 399 g/mol. The zero-order valence-electron chi connectivity index (χ0n) is 17.6. The van der Waals surface area contributed by atoms with Crippen LogP contribution in [0.3, 0.4) is 0 Å². The van der Waals surface area contributed by atoms with E-state index in [1.807, 2.05) is 45.0 Å². The molecule has 8 heteroatoms. The van der Waals surface area contributed by atoms with Gasteiger partial charge in [-0.1, -0.05) is 45.0 Å². The summed E-state index contributed by atoms with van der Waals surface area (Å²) in [6.07, 6.45) is 0.402. The number of para-hydroxylation sites is 1. The van der Waals surface area contributed by atoms with Crippen LogP contribution in [0.5, 0.6) is 0 Å². The lowest BCUT2D eigenvalue weighted by molar-refractivity contribution is -0.136. The quantitative estimate of drug-likeness (QED) is 0.520. The molecule has 0 fully saturated rings. The monoisotopic (exact) mass is 424 g/mol. The molecule has 2 amide bonds. The van der Waals surface area contributed by atoms with Crippen LogP contribution in [-0.4, -0.2) is 26.9 Å². The number of benzene rings is 2. The van der Waals surface area contributed by atoms with Crippen LogP contribution in [0.4, 0.5) is 20.7 Å². The van der Waals surface area contributed by atoms with Crippen molar-refractivity contribution in [2.45, 2.75) is 39.0 Å². The van der Waals surface area contributed by atoms with E-state index in [9.17, 15) is 14.0 Å². The molecule has 0 radical (unpaired) electrons. The first-order chi connectivity index (χ1) is 14.6. The fourth-order valence-corrected chi connectivity index (χ4v) is 2.96. The molecule has 162 valence electrons. The molecule has 2 aromatic carbocycles. The lowest BCUT2D eigenvalue weighted by Gasteiger charge is -2.14. The highest BCUT2D eigenvalue weighted by atomic mass is 19.1. The van der Waals surface area contributed by atoms with Crippen molar-refractivity contribution in [2.75, 3.05) is 10.6 Å². The molecule has 3 aromatic rings. The number of nitrogens with zero attached hydrogens (tertiary/aromatic N) is 2. The van der Waals surface area contributed by atoms with Gasteiger partial charge < -0.3 is 10.4 Å². The number of carboxylic acids is 1. The number of nitrogens with one attached hydrogen (secondary N) is 2. The molecule has 0 spiro atoms. The summed E-state index contributed by atoms with van der Waals surface area (Å²) in [5, 5.41) is 18.8. The minimum Gasteiger partial charge on any atom is -0.481 e. The van der Waals surface area contributed by atoms with Crippen molar-refractivity contribution in [1.29, 1.82) is 0 Å². The number of anilines is 2. The molecule has 1 aromatic heterocycles. The predicted molar refractivity (Wildman–Crippen MR) is 117 cm³/mol. The molecule has 0 unspecified atom stereocenters. The Morgan fingerprint density at radius 1 is 1.06 bits per heavy atom. The van der Waals surface area contributed by atoms with Crippen molar-refractivity contribution in [3.8, 4) is 5.69 Å². The standard InChI is InChI=1S/C23H25FN4O3/c1-23(2,3)19-14-20(26-22(31)25-18-10-5-4-9-17(18)24)28(27-19)16-8-6-7-15(13-16)11-12-21(29)30/h4-10,13-14H,11-12H2,1-3H3,(H,29,30)(H2,25,26,31). The van der Waals surface area contributed by atoms with Crippen LogP contribution >= 0.6 is 0 Å². The van der Waals surface area contributed by atoms with Gasteiger partial charge in [0.15, 0.2) is 0 Å². The molecular formula is C23H25FN4O3. The van der Waals surface area contributed by atoms with Crippen LogP contribution in [0.1, 0.15) is 38.4 Å². The van der Waals surface area contributed by atoms with Crippen LogP contribution in [-0.2, 0) is 16.6 Å². The zero-order valence-corrected chi connectivity index (χ0v) is 17.6. The highest BCUT2D eigenvalue weighted by molar-refractivity contribution is 5.99. The number of hydrogen-bond acceptors (Lipinski definition) is 3. The van der Waals surface area contributed by atoms with Crippen molar-refractivity contribution in [2.24, 2.45) is 0 Å². The first-order valence-corrected chi connectivity index (χ1v) is 9.87. The van der Waals surface area contributed by atoms with Gasteiger partial charge in [-0.25, -0.2) is 13.9 Å². The van der Waals surface area contributed by atoms with Gasteiger partial charge >= 0.3 is 12.0 Å². The van der Waals surface area contributed by atoms with Crippen LogP contribution in [0, 0.1) is 5.82 Å². The summed E-state index contributed by atoms with van der Waals surface area (Å²) in [4.78, 5) is 23.4. The Morgan fingerprint density at radius 2 is 1.81 bits per heavy atom. The number of aliphatic carboxylic acids is 1. The number of halogens is 1. The number of hydrogen-bond donors (Lipinski definition) is 3. The fraction of sp³-hybridized carbons (Fsp3) is 0.261. The molecule has 1 heterocycles. The third-order valence-corrected chi connectivity index (χ3v) is 4.62. The minimum atomic E-state index is -0.869. The first-order valence-electron chi connectivity index (χ1n) is 9.87. The maximum absolute atomic E-state index is 13.9. The third kappa shape index (κ3) is 5.69. The zero-order chi connectivity index (χ0) is 22.6. The van der Waals surface area contributed by atoms with Gasteiger partial charge in [0, 0.05) is 17.9 Å². The third-order valence-electron chi connectivity index (χ3n) is 4.62. The minimum absolute atomic E-state index is 0.0198. The van der Waals surface area contributed by atoms with E-state index in [4.69, 9.17) is 5.11 Å². The van der Waals surface area contributed by atoms with E-state index in [-0.39, 0.29) is 17.5 Å². The van der Waals surface area contributed by atoms with E-state index in [0.717, 1.165) is 11.3 Å². The molecule has 3 rings (SSSR count). The lowest BCUT2D eigenvalue weighted by Crippen LogP contribution is -2.21. The van der Waals surface area contributed by atoms with Crippen LogP contribution < -0.4 is 10.6 Å². The molecule has 0 aliphatic carbocycles. The average Bonchev–Trinajstić information content (AvgIpc) is 3.12. The average molecular weight is 424 g/mol. The Hall–Kier alpha value is -3.68. The summed E-state index contributed by atoms with van der Waals surface area (Å²) < 4.78 is 15.5. The van der Waals surface area contributed by atoms with E-state index in [1.54, 1.807) is 22.9 Å². The van der Waals surface area contributed by atoms with E-state index in [1.165, 1.54) is 12.1 Å². The number of carboxylic acid groups (broad SMARTS) is 1. The second-order valence-electron chi connectivity index (χ2n) is 8.20. The Bertz CT molecular complexity index is 1100. The topological polar surface area (TPSA) is 96.2 Å². The van der Waals surface area contributed by atoms with Gasteiger partial charge in [0.1, 0.15) is 11.6 Å². The first kappa shape index (κ1) is 22.0. The SMILES string of the molecule is CC(C)(C)c1cc(NC(=O)Nc2ccccc2F)n(-c2cccc(CCC(=O)O)c2)n1. The van der Waals surface area contributed by atoms with Crippen molar-refractivity contribution in [1.82, 2.24) is 9.78 Å². The van der Waals surface area contributed by atoms with Crippen molar-refractivity contribution >= 4 is 23.5 Å². The number of amides is 2. The Morgan fingerprint density at radius 3 is 2.48 bits per heavy atom. The molecule has 3 N–H and O–H groups in total. The van der Waals surface area contributed by atoms with E-state index < -0.39 is 17.8 Å². The number of rotatable bonds is 6. The molecule has 0 aliphatic heterocycles. The summed E-state index contributed by atoms with van der Waals surface area (Å²) in [7, 11) is 0. The summed E-state index contributed by atoms with van der Waals surface area (Å²) in [6, 6.07) is 14.4. The van der Waals surface area contributed by atoms with E-state index >= 15 is 0 Å². The number of aromatic nitrogens is 2. The molecule has 0 saturated carbocycles. The summed E-state index contributed by atoms with van der Waals surface area (Å²) in [6.45, 7) is 6.02. The fourth-order valence-electron chi connectivity index (χ4n) is 2.96. The molecule has 0 saturated heterocycles. The molecule has 31 heavy (non-hydrogen) atoms. The second kappa shape index (κ2) is 8.99. The number of urea groups is 1. The Balaban J connectivity index is 1.91. The number of aryl methyl sites for hydroxylation is 1. The van der Waals surface area contributed by atoms with Gasteiger partial charge in [-0.15, -0.1) is 0 Å². The van der Waals surface area contributed by atoms with E-state index in [2.05, 4.69) is 15.7 Å². The Labute approximate surface area is 179 Å². The number of carbonyl (C=O) groups is 2. The van der Waals surface area contributed by atoms with Gasteiger partial charge in [0.2, 0.25) is 0 Å². The summed E-state index contributed by atoms with van der Waals surface area (Å²) >= 11 is 0. The molecule has 0 atom stereocenters. The smallest absolute Gasteiger partial charge is 0.324 e. The van der Waals surface area contributed by atoms with Crippen molar-refractivity contribution < 1.29 is 19.1 Å². The van der Waals surface area contributed by atoms with Crippen LogP contribution in [0.25, 0.3) is 5.69 Å². The van der Waals surface area contributed by atoms with Crippen LogP contribution in [0.15, 0.2) is 54.6 Å². The molecule has 7 nitrogen and oxygen atoms in total.